The molecule has 0 bridgehead atoms. The summed E-state index contributed by atoms with van der Waals surface area (Å²) in [7, 11) is 0. The van der Waals surface area contributed by atoms with Gasteiger partial charge in [0, 0.05) is 22.6 Å². The number of nitrogens with one attached hydrogen (secondary N) is 1. The Hall–Kier alpha value is -1.90. The minimum Gasteiger partial charge on any atom is -0.451 e. The van der Waals surface area contributed by atoms with Crippen molar-refractivity contribution in [3.8, 4) is 0 Å². The van der Waals surface area contributed by atoms with Crippen LogP contribution in [0.1, 0.15) is 10.6 Å². The number of carbonyl (C=O) groups is 1. The molecular formula is C13H8ClN3O3S2. The van der Waals surface area contributed by atoms with Crippen LogP contribution in [-0.4, -0.2) is 21.5 Å². The molecule has 1 amide bonds. The van der Waals surface area contributed by atoms with Crippen LogP contribution in [0.3, 0.4) is 0 Å². The third-order valence-electron chi connectivity index (χ3n) is 2.72. The van der Waals surface area contributed by atoms with Gasteiger partial charge in [0.05, 0.1) is 5.39 Å². The van der Waals surface area contributed by atoms with E-state index in [2.05, 4.69) is 14.7 Å². The topological polar surface area (TPSA) is 85.1 Å². The van der Waals surface area contributed by atoms with E-state index in [0.717, 1.165) is 17.6 Å². The maximum absolute atomic E-state index is 12.1. The van der Waals surface area contributed by atoms with Gasteiger partial charge in [0.1, 0.15) is 5.58 Å². The quantitative estimate of drug-likeness (QED) is 0.727. The molecule has 0 atom stereocenters. The summed E-state index contributed by atoms with van der Waals surface area (Å²) in [5.41, 5.74) is -0.0416. The largest absolute Gasteiger partial charge is 0.451 e. The number of rotatable bonds is 3. The Morgan fingerprint density at radius 1 is 1.41 bits per heavy atom. The maximum Gasteiger partial charge on any atom is 0.293 e. The number of hydrogen-bond donors (Lipinski definition) is 1. The summed E-state index contributed by atoms with van der Waals surface area (Å²) in [6.07, 6.45) is 1.83. The Kier molecular flexibility index (Phi) is 4.14. The number of nitrogens with zero attached hydrogens (tertiary/aromatic N) is 2. The molecule has 0 spiro atoms. The number of halogens is 1. The van der Waals surface area contributed by atoms with Crippen molar-refractivity contribution in [1.29, 1.82) is 0 Å². The summed E-state index contributed by atoms with van der Waals surface area (Å²) in [5.74, 6) is -0.654. The summed E-state index contributed by atoms with van der Waals surface area (Å²) >= 11 is 8.27. The zero-order valence-corrected chi connectivity index (χ0v) is 13.5. The smallest absolute Gasteiger partial charge is 0.293 e. The van der Waals surface area contributed by atoms with Gasteiger partial charge in [-0.1, -0.05) is 23.4 Å². The number of benzene rings is 1. The van der Waals surface area contributed by atoms with Crippen LogP contribution in [0, 0.1) is 0 Å². The fourth-order valence-corrected chi connectivity index (χ4v) is 3.04. The van der Waals surface area contributed by atoms with E-state index in [1.54, 1.807) is 12.1 Å². The molecule has 3 rings (SSSR count). The highest BCUT2D eigenvalue weighted by atomic mass is 35.5. The molecule has 0 radical (unpaired) electrons. The Morgan fingerprint density at radius 3 is 2.95 bits per heavy atom. The SMILES string of the molecule is CSc1nsc(NC(=O)c2cc(=O)c3cc(Cl)ccc3o2)n1. The van der Waals surface area contributed by atoms with Crippen molar-refractivity contribution in [2.75, 3.05) is 11.6 Å². The van der Waals surface area contributed by atoms with Gasteiger partial charge in [0.2, 0.25) is 10.3 Å². The van der Waals surface area contributed by atoms with Crippen molar-refractivity contribution in [2.45, 2.75) is 5.16 Å². The molecule has 2 aromatic heterocycles. The van der Waals surface area contributed by atoms with E-state index >= 15 is 0 Å². The van der Waals surface area contributed by atoms with E-state index in [1.165, 1.54) is 17.8 Å². The zero-order chi connectivity index (χ0) is 15.7. The predicted octanol–water partition coefficient (Wildman–Crippen LogP) is 3.27. The molecular weight excluding hydrogens is 346 g/mol. The van der Waals surface area contributed by atoms with E-state index in [1.807, 2.05) is 6.26 Å². The number of aromatic nitrogens is 2. The van der Waals surface area contributed by atoms with Crippen LogP contribution in [0.2, 0.25) is 5.02 Å². The standard InChI is InChI=1S/C13H8ClN3O3S2/c1-21-13-16-12(22-17-13)15-11(19)10-5-8(18)7-4-6(14)2-3-9(7)20-10/h2-5H,1H3,(H,15,16,17,19). The number of thioether (sulfide) groups is 1. The lowest BCUT2D eigenvalue weighted by Crippen LogP contribution is -2.14. The third-order valence-corrected chi connectivity index (χ3v) is 4.25. The number of anilines is 1. The van der Waals surface area contributed by atoms with Gasteiger partial charge < -0.3 is 4.42 Å². The van der Waals surface area contributed by atoms with Crippen molar-refractivity contribution in [3.05, 3.63) is 45.3 Å². The first-order valence-electron chi connectivity index (χ1n) is 5.99. The monoisotopic (exact) mass is 353 g/mol. The zero-order valence-electron chi connectivity index (χ0n) is 11.1. The molecule has 0 aliphatic heterocycles. The molecule has 0 aliphatic carbocycles. The number of fused-ring (bicyclic) bond motifs is 1. The maximum atomic E-state index is 12.1. The molecule has 1 aromatic carbocycles. The molecule has 112 valence electrons. The highest BCUT2D eigenvalue weighted by Crippen LogP contribution is 2.20. The normalized spacial score (nSPS) is 10.8. The van der Waals surface area contributed by atoms with Gasteiger partial charge in [0.15, 0.2) is 11.2 Å². The minimum atomic E-state index is -0.558. The van der Waals surface area contributed by atoms with Gasteiger partial charge in [0.25, 0.3) is 5.91 Å². The summed E-state index contributed by atoms with van der Waals surface area (Å²) in [5, 5.41) is 4.21. The highest BCUT2D eigenvalue weighted by molar-refractivity contribution is 7.98. The van der Waals surface area contributed by atoms with E-state index < -0.39 is 5.91 Å². The fourth-order valence-electron chi connectivity index (χ4n) is 1.74. The van der Waals surface area contributed by atoms with E-state index in [-0.39, 0.29) is 11.2 Å². The summed E-state index contributed by atoms with van der Waals surface area (Å²) in [6.45, 7) is 0. The van der Waals surface area contributed by atoms with Gasteiger partial charge in [-0.3, -0.25) is 14.9 Å². The molecule has 1 N–H and O–H groups in total. The molecule has 0 aliphatic rings. The Labute approximate surface area is 137 Å². The first kappa shape index (κ1) is 15.0. The molecule has 0 unspecified atom stereocenters. The molecule has 2 heterocycles. The Morgan fingerprint density at radius 2 is 2.23 bits per heavy atom. The minimum absolute atomic E-state index is 0.0966. The molecule has 0 fully saturated rings. The summed E-state index contributed by atoms with van der Waals surface area (Å²) < 4.78 is 9.48. The van der Waals surface area contributed by atoms with Gasteiger partial charge >= 0.3 is 0 Å². The second-order valence-electron chi connectivity index (χ2n) is 4.16. The lowest BCUT2D eigenvalue weighted by molar-refractivity contribution is 0.0997. The molecule has 0 saturated carbocycles. The molecule has 22 heavy (non-hydrogen) atoms. The van der Waals surface area contributed by atoms with Crippen LogP contribution in [0.5, 0.6) is 0 Å². The number of carbonyl (C=O) groups excluding carboxylic acids is 1. The fraction of sp³-hybridized carbons (Fsp3) is 0.0769. The first-order valence-corrected chi connectivity index (χ1v) is 8.37. The van der Waals surface area contributed by atoms with Gasteiger partial charge in [-0.25, -0.2) is 0 Å². The molecule has 6 nitrogen and oxygen atoms in total. The lowest BCUT2D eigenvalue weighted by atomic mass is 10.2. The van der Waals surface area contributed by atoms with Crippen molar-refractivity contribution in [2.24, 2.45) is 0 Å². The molecule has 9 heteroatoms. The van der Waals surface area contributed by atoms with E-state index in [0.29, 0.717) is 26.3 Å². The third kappa shape index (κ3) is 2.99. The van der Waals surface area contributed by atoms with Crippen molar-refractivity contribution in [1.82, 2.24) is 9.36 Å². The van der Waals surface area contributed by atoms with Crippen molar-refractivity contribution < 1.29 is 9.21 Å². The first-order chi connectivity index (χ1) is 10.6. The number of hydrogen-bond acceptors (Lipinski definition) is 7. The predicted molar refractivity (Wildman–Crippen MR) is 87.1 cm³/mol. The number of amides is 1. The van der Waals surface area contributed by atoms with Crippen LogP contribution in [-0.2, 0) is 0 Å². The Bertz CT molecular complexity index is 922. The summed E-state index contributed by atoms with van der Waals surface area (Å²) in [4.78, 5) is 28.3. The average molecular weight is 354 g/mol. The van der Waals surface area contributed by atoms with Crippen LogP contribution in [0.15, 0.2) is 38.6 Å². The van der Waals surface area contributed by atoms with Gasteiger partial charge in [-0.2, -0.15) is 9.36 Å². The van der Waals surface area contributed by atoms with Crippen molar-refractivity contribution >= 4 is 56.9 Å². The van der Waals surface area contributed by atoms with E-state index in [9.17, 15) is 9.59 Å². The van der Waals surface area contributed by atoms with Gasteiger partial charge in [-0.15, -0.1) is 0 Å². The highest BCUT2D eigenvalue weighted by Gasteiger charge is 2.15. The van der Waals surface area contributed by atoms with Crippen LogP contribution in [0.4, 0.5) is 5.13 Å². The van der Waals surface area contributed by atoms with Crippen LogP contribution in [0.25, 0.3) is 11.0 Å². The van der Waals surface area contributed by atoms with E-state index in [4.69, 9.17) is 16.0 Å². The second-order valence-corrected chi connectivity index (χ2v) is 6.12. The lowest BCUT2D eigenvalue weighted by Gasteiger charge is -2.02. The molecule has 3 aromatic rings. The van der Waals surface area contributed by atoms with Gasteiger partial charge in [-0.05, 0) is 24.5 Å². The van der Waals surface area contributed by atoms with Crippen LogP contribution < -0.4 is 10.7 Å². The second kappa shape index (κ2) is 6.07. The molecule has 0 saturated heterocycles. The summed E-state index contributed by atoms with van der Waals surface area (Å²) in [6, 6.07) is 5.76. The van der Waals surface area contributed by atoms with Crippen molar-refractivity contribution in [3.63, 3.8) is 0 Å². The van der Waals surface area contributed by atoms with Crippen LogP contribution >= 0.6 is 34.9 Å². The average Bonchev–Trinajstić information content (AvgIpc) is 2.95. The Balaban J connectivity index is 1.94.